The van der Waals surface area contributed by atoms with E-state index in [9.17, 15) is 29.4 Å². The molecule has 1 heterocycles. The highest BCUT2D eigenvalue weighted by Gasteiger charge is 2.33. The number of nitrogens with one attached hydrogen (secondary N) is 4. The van der Waals surface area contributed by atoms with E-state index in [0.717, 1.165) is 16.5 Å². The van der Waals surface area contributed by atoms with Gasteiger partial charge in [0.1, 0.15) is 18.1 Å². The molecule has 0 saturated carbocycles. The van der Waals surface area contributed by atoms with Crippen LogP contribution in [-0.4, -0.2) is 81.7 Å². The molecule has 0 aliphatic carbocycles. The molecule has 236 valence electrons. The molecule has 12 N–H and O–H groups in total. The van der Waals surface area contributed by atoms with Gasteiger partial charge in [0.15, 0.2) is 5.96 Å². The summed E-state index contributed by atoms with van der Waals surface area (Å²) in [6.07, 6.45) is 0.915. The molecule has 0 saturated heterocycles. The fraction of sp³-hybridized carbons (Fsp3) is 0.367. The summed E-state index contributed by atoms with van der Waals surface area (Å²) >= 11 is 0. The largest absolute Gasteiger partial charge is 0.480 e. The number of hydrogen-bond acceptors (Lipinski definition) is 7. The highest BCUT2D eigenvalue weighted by Crippen LogP contribution is 2.19. The van der Waals surface area contributed by atoms with Gasteiger partial charge >= 0.3 is 5.97 Å². The zero-order valence-corrected chi connectivity index (χ0v) is 24.4. The quantitative estimate of drug-likeness (QED) is 0.0563. The van der Waals surface area contributed by atoms with Gasteiger partial charge in [-0.3, -0.25) is 19.4 Å². The van der Waals surface area contributed by atoms with E-state index in [2.05, 4.69) is 25.9 Å². The van der Waals surface area contributed by atoms with Crippen LogP contribution in [0.4, 0.5) is 0 Å². The molecule has 0 bridgehead atoms. The number of para-hydroxylation sites is 1. The van der Waals surface area contributed by atoms with Gasteiger partial charge in [0.2, 0.25) is 17.7 Å². The predicted octanol–water partition coefficient (Wildman–Crippen LogP) is -0.746. The Morgan fingerprint density at radius 3 is 2.20 bits per heavy atom. The number of fused-ring (bicyclic) bond motifs is 1. The SMILES string of the molecule is CC(O)C(NC(=O)C(CCCN=C(N)N)NC(=O)C(N)Cc1c[nH]c2ccccc12)C(=O)NC(Cc1ccccc1)C(=O)O. The molecule has 3 aromatic rings. The summed E-state index contributed by atoms with van der Waals surface area (Å²) in [5.41, 5.74) is 19.4. The van der Waals surface area contributed by atoms with Crippen molar-refractivity contribution in [1.82, 2.24) is 20.9 Å². The van der Waals surface area contributed by atoms with Crippen molar-refractivity contribution in [2.75, 3.05) is 6.54 Å². The van der Waals surface area contributed by atoms with Crippen molar-refractivity contribution in [2.45, 2.75) is 62.9 Å². The summed E-state index contributed by atoms with van der Waals surface area (Å²) in [5, 5.41) is 28.4. The monoisotopic (exact) mass is 608 g/mol. The maximum absolute atomic E-state index is 13.4. The number of carboxylic acids is 1. The van der Waals surface area contributed by atoms with Crippen LogP contribution >= 0.6 is 0 Å². The maximum atomic E-state index is 13.4. The number of amides is 3. The molecular formula is C30H40N8O6. The number of aliphatic hydroxyl groups is 1. The molecule has 3 rings (SSSR count). The van der Waals surface area contributed by atoms with Crippen molar-refractivity contribution in [3.8, 4) is 0 Å². The first-order valence-corrected chi connectivity index (χ1v) is 14.2. The van der Waals surface area contributed by atoms with Crippen LogP contribution in [0, 0.1) is 0 Å². The van der Waals surface area contributed by atoms with E-state index in [1.54, 1.807) is 36.5 Å². The van der Waals surface area contributed by atoms with Gasteiger partial charge in [-0.25, -0.2) is 4.79 Å². The number of H-pyrrole nitrogens is 1. The number of carbonyl (C=O) groups is 4. The molecule has 3 amide bonds. The van der Waals surface area contributed by atoms with Crippen LogP contribution in [0.2, 0.25) is 0 Å². The smallest absolute Gasteiger partial charge is 0.326 e. The van der Waals surface area contributed by atoms with E-state index in [4.69, 9.17) is 17.2 Å². The average Bonchev–Trinajstić information content (AvgIpc) is 3.39. The summed E-state index contributed by atoms with van der Waals surface area (Å²) < 4.78 is 0. The summed E-state index contributed by atoms with van der Waals surface area (Å²) in [4.78, 5) is 58.5. The number of hydrogen-bond donors (Lipinski definition) is 9. The van der Waals surface area contributed by atoms with E-state index < -0.39 is 54.0 Å². The van der Waals surface area contributed by atoms with Gasteiger partial charge < -0.3 is 48.3 Å². The van der Waals surface area contributed by atoms with Gasteiger partial charge in [0.05, 0.1) is 12.1 Å². The number of carboxylic acid groups (broad SMARTS) is 1. The third-order valence-corrected chi connectivity index (χ3v) is 6.99. The van der Waals surface area contributed by atoms with Crippen LogP contribution in [-0.2, 0) is 32.0 Å². The van der Waals surface area contributed by atoms with Crippen LogP contribution in [0.15, 0.2) is 65.8 Å². The molecule has 1 aromatic heterocycles. The lowest BCUT2D eigenvalue weighted by atomic mass is 10.0. The molecule has 14 heteroatoms. The van der Waals surface area contributed by atoms with Crippen LogP contribution in [0.5, 0.6) is 0 Å². The Morgan fingerprint density at radius 2 is 1.55 bits per heavy atom. The minimum absolute atomic E-state index is 0.0137. The number of carbonyl (C=O) groups excluding carboxylic acids is 3. The minimum Gasteiger partial charge on any atom is -0.480 e. The average molecular weight is 609 g/mol. The molecule has 0 aliphatic rings. The second kappa shape index (κ2) is 16.0. The highest BCUT2D eigenvalue weighted by molar-refractivity contribution is 5.94. The summed E-state index contributed by atoms with van der Waals surface area (Å²) in [6, 6.07) is 11.2. The molecule has 44 heavy (non-hydrogen) atoms. The Bertz CT molecular complexity index is 1450. The fourth-order valence-corrected chi connectivity index (χ4v) is 4.65. The fourth-order valence-electron chi connectivity index (χ4n) is 4.65. The lowest BCUT2D eigenvalue weighted by Gasteiger charge is -2.26. The number of rotatable bonds is 16. The summed E-state index contributed by atoms with van der Waals surface area (Å²) in [7, 11) is 0. The molecular weight excluding hydrogens is 568 g/mol. The van der Waals surface area contributed by atoms with Gasteiger partial charge in [0.25, 0.3) is 0 Å². The Hall–Kier alpha value is -4.95. The number of aromatic nitrogens is 1. The predicted molar refractivity (Wildman–Crippen MR) is 165 cm³/mol. The normalized spacial score (nSPS) is 14.4. The Kier molecular flexibility index (Phi) is 12.2. The van der Waals surface area contributed by atoms with Crippen LogP contribution < -0.4 is 33.2 Å². The Morgan fingerprint density at radius 1 is 0.886 bits per heavy atom. The number of aliphatic imine (C=N–C) groups is 1. The molecule has 14 nitrogen and oxygen atoms in total. The number of guanidine groups is 1. The number of nitrogens with two attached hydrogens (primary N) is 3. The van der Waals surface area contributed by atoms with Crippen LogP contribution in [0.25, 0.3) is 10.9 Å². The van der Waals surface area contributed by atoms with Gasteiger partial charge in [0, 0.05) is 30.1 Å². The van der Waals surface area contributed by atoms with Gasteiger partial charge in [-0.1, -0.05) is 48.5 Å². The summed E-state index contributed by atoms with van der Waals surface area (Å²) in [6.45, 7) is 1.45. The molecule has 0 fully saturated rings. The third kappa shape index (κ3) is 9.81. The van der Waals surface area contributed by atoms with E-state index >= 15 is 0 Å². The Balaban J connectivity index is 1.71. The highest BCUT2D eigenvalue weighted by atomic mass is 16.4. The summed E-state index contributed by atoms with van der Waals surface area (Å²) in [5.74, 6) is -3.71. The van der Waals surface area contributed by atoms with E-state index in [0.29, 0.717) is 5.56 Å². The number of aromatic amines is 1. The van der Waals surface area contributed by atoms with Crippen molar-refractivity contribution in [3.05, 3.63) is 71.9 Å². The van der Waals surface area contributed by atoms with Gasteiger partial charge in [-0.05, 0) is 43.4 Å². The number of benzene rings is 2. The Labute approximate surface area is 254 Å². The van der Waals surface area contributed by atoms with Crippen molar-refractivity contribution < 1.29 is 29.4 Å². The molecule has 2 aromatic carbocycles. The first-order valence-electron chi connectivity index (χ1n) is 14.2. The zero-order valence-electron chi connectivity index (χ0n) is 24.4. The minimum atomic E-state index is -1.52. The van der Waals surface area contributed by atoms with Gasteiger partial charge in [-0.15, -0.1) is 0 Å². The van der Waals surface area contributed by atoms with Crippen molar-refractivity contribution >= 4 is 40.6 Å². The van der Waals surface area contributed by atoms with Crippen molar-refractivity contribution in [1.29, 1.82) is 0 Å². The maximum Gasteiger partial charge on any atom is 0.326 e. The van der Waals surface area contributed by atoms with E-state index in [1.807, 2.05) is 24.3 Å². The lowest BCUT2D eigenvalue weighted by molar-refractivity contribution is -0.143. The zero-order chi connectivity index (χ0) is 32.2. The molecule has 5 atom stereocenters. The van der Waals surface area contributed by atoms with E-state index in [-0.39, 0.29) is 38.2 Å². The van der Waals surface area contributed by atoms with Gasteiger partial charge in [-0.2, -0.15) is 0 Å². The van der Waals surface area contributed by atoms with Crippen LogP contribution in [0.1, 0.15) is 30.9 Å². The molecule has 0 radical (unpaired) electrons. The lowest BCUT2D eigenvalue weighted by Crippen LogP contribution is -2.60. The van der Waals surface area contributed by atoms with E-state index in [1.165, 1.54) is 6.92 Å². The van der Waals surface area contributed by atoms with Crippen molar-refractivity contribution in [2.24, 2.45) is 22.2 Å². The van der Waals surface area contributed by atoms with Crippen LogP contribution in [0.3, 0.4) is 0 Å². The second-order valence-corrected chi connectivity index (χ2v) is 10.5. The number of aliphatic hydroxyl groups excluding tert-OH is 1. The molecule has 0 spiro atoms. The number of aliphatic carboxylic acids is 1. The molecule has 0 aliphatic heterocycles. The third-order valence-electron chi connectivity index (χ3n) is 6.99. The number of nitrogens with zero attached hydrogens (tertiary/aromatic N) is 1. The standard InChI is InChI=1S/C30H40N8O6/c1-17(39)25(28(42)37-24(29(43)44)14-18-8-3-2-4-9-18)38-27(41)23(12-7-13-34-30(32)33)36-26(40)21(31)15-19-16-35-22-11-6-5-10-20(19)22/h2-6,8-11,16-17,21,23-25,35,39H,7,12-15,31H2,1H3,(H,36,40)(H,37,42)(H,38,41)(H,43,44)(H4,32,33,34). The second-order valence-electron chi connectivity index (χ2n) is 10.5. The first-order chi connectivity index (χ1) is 21.0. The molecule has 5 unspecified atom stereocenters. The van der Waals surface area contributed by atoms with Crippen molar-refractivity contribution in [3.63, 3.8) is 0 Å². The topological polar surface area (TPSA) is 251 Å². The first kappa shape index (κ1) is 33.6.